The highest BCUT2D eigenvalue weighted by atomic mass is 16.5. The first-order valence-corrected chi connectivity index (χ1v) is 6.21. The van der Waals surface area contributed by atoms with E-state index in [1.54, 1.807) is 0 Å². The highest BCUT2D eigenvalue weighted by Gasteiger charge is 2.18. The summed E-state index contributed by atoms with van der Waals surface area (Å²) in [5, 5.41) is 3.03. The predicted molar refractivity (Wildman–Crippen MR) is 64.4 cm³/mol. The van der Waals surface area contributed by atoms with Gasteiger partial charge in [-0.05, 0) is 46.3 Å². The third-order valence-electron chi connectivity index (χ3n) is 3.16. The van der Waals surface area contributed by atoms with Crippen molar-refractivity contribution in [1.29, 1.82) is 0 Å². The first-order chi connectivity index (χ1) is 7.61. The van der Waals surface area contributed by atoms with Crippen LogP contribution in [-0.2, 0) is 9.53 Å². The third-order valence-corrected chi connectivity index (χ3v) is 3.16. The molecule has 0 aromatic carbocycles. The van der Waals surface area contributed by atoms with Crippen molar-refractivity contribution < 1.29 is 9.53 Å². The van der Waals surface area contributed by atoms with Gasteiger partial charge < -0.3 is 15.0 Å². The summed E-state index contributed by atoms with van der Waals surface area (Å²) >= 11 is 0. The second-order valence-electron chi connectivity index (χ2n) is 4.67. The summed E-state index contributed by atoms with van der Waals surface area (Å²) in [5.74, 6) is 0.0230. The van der Waals surface area contributed by atoms with Crippen LogP contribution < -0.4 is 5.32 Å². The molecule has 1 aliphatic rings. The highest BCUT2D eigenvalue weighted by molar-refractivity contribution is 5.77. The average Bonchev–Trinajstić information content (AvgIpc) is 2.29. The van der Waals surface area contributed by atoms with E-state index >= 15 is 0 Å². The Morgan fingerprint density at radius 2 is 2.12 bits per heavy atom. The molecule has 0 spiro atoms. The predicted octanol–water partition coefficient (Wildman–Crippen LogP) is 1.01. The Balaban J connectivity index is 2.14. The molecule has 16 heavy (non-hydrogen) atoms. The van der Waals surface area contributed by atoms with Crippen molar-refractivity contribution in [2.75, 3.05) is 26.7 Å². The Morgan fingerprint density at radius 1 is 1.50 bits per heavy atom. The number of nitrogens with zero attached hydrogens (tertiary/aromatic N) is 1. The Morgan fingerprint density at radius 3 is 2.69 bits per heavy atom. The molecule has 1 atom stereocenters. The van der Waals surface area contributed by atoms with Crippen molar-refractivity contribution in [3.8, 4) is 0 Å². The van der Waals surface area contributed by atoms with E-state index in [4.69, 9.17) is 4.74 Å². The Hall–Kier alpha value is -0.610. The molecule has 4 heteroatoms. The van der Waals surface area contributed by atoms with Gasteiger partial charge in [-0.1, -0.05) is 6.92 Å². The van der Waals surface area contributed by atoms with Crippen LogP contribution in [0.1, 0.15) is 33.1 Å². The Kier molecular flexibility index (Phi) is 5.77. The third kappa shape index (κ3) is 4.94. The largest absolute Gasteiger partial charge is 0.369 e. The molecule has 1 aliphatic heterocycles. The molecule has 0 saturated carbocycles. The molecule has 0 radical (unpaired) electrons. The number of carbonyl (C=O) groups excluding carboxylic acids is 1. The number of amides is 1. The lowest BCUT2D eigenvalue weighted by Crippen LogP contribution is -2.44. The van der Waals surface area contributed by atoms with Crippen molar-refractivity contribution in [2.45, 2.75) is 45.3 Å². The van der Waals surface area contributed by atoms with Crippen molar-refractivity contribution in [3.05, 3.63) is 0 Å². The van der Waals surface area contributed by atoms with E-state index in [1.807, 2.05) is 6.92 Å². The summed E-state index contributed by atoms with van der Waals surface area (Å²) in [5.41, 5.74) is 0. The quantitative estimate of drug-likeness (QED) is 0.763. The van der Waals surface area contributed by atoms with Gasteiger partial charge in [0.15, 0.2) is 0 Å². The van der Waals surface area contributed by atoms with Crippen molar-refractivity contribution in [3.63, 3.8) is 0 Å². The van der Waals surface area contributed by atoms with Gasteiger partial charge in [0.05, 0.1) is 6.10 Å². The van der Waals surface area contributed by atoms with Crippen LogP contribution in [0.15, 0.2) is 0 Å². The molecule has 1 unspecified atom stereocenters. The van der Waals surface area contributed by atoms with Gasteiger partial charge in [0, 0.05) is 6.04 Å². The molecule has 1 fully saturated rings. The van der Waals surface area contributed by atoms with Gasteiger partial charge in [0.2, 0.25) is 5.91 Å². The van der Waals surface area contributed by atoms with Gasteiger partial charge in [0.1, 0.15) is 6.61 Å². The molecule has 1 rings (SSSR count). The standard InChI is InChI=1S/C12H24N2O2/c1-4-10(2)16-9-12(15)13-11-5-7-14(3)8-6-11/h10-11H,4-9H2,1-3H3,(H,13,15). The van der Waals surface area contributed by atoms with Gasteiger partial charge >= 0.3 is 0 Å². The number of rotatable bonds is 5. The molecule has 1 N–H and O–H groups in total. The molecular weight excluding hydrogens is 204 g/mol. The molecule has 0 aromatic rings. The summed E-state index contributed by atoms with van der Waals surface area (Å²) in [6, 6.07) is 0.337. The van der Waals surface area contributed by atoms with E-state index < -0.39 is 0 Å². The molecule has 0 aromatic heterocycles. The van der Waals surface area contributed by atoms with Gasteiger partial charge in [-0.2, -0.15) is 0 Å². The fourth-order valence-corrected chi connectivity index (χ4v) is 1.76. The van der Waals surface area contributed by atoms with Crippen molar-refractivity contribution in [1.82, 2.24) is 10.2 Å². The van der Waals surface area contributed by atoms with Gasteiger partial charge in [0.25, 0.3) is 0 Å². The second kappa shape index (κ2) is 6.86. The maximum absolute atomic E-state index is 11.6. The number of piperidine rings is 1. The van der Waals surface area contributed by atoms with Crippen LogP contribution >= 0.6 is 0 Å². The van der Waals surface area contributed by atoms with Crippen molar-refractivity contribution >= 4 is 5.91 Å². The van der Waals surface area contributed by atoms with Gasteiger partial charge in [-0.3, -0.25) is 4.79 Å². The van der Waals surface area contributed by atoms with E-state index in [-0.39, 0.29) is 18.6 Å². The number of carbonyl (C=O) groups is 1. The maximum atomic E-state index is 11.6. The van der Waals surface area contributed by atoms with E-state index in [0.717, 1.165) is 32.4 Å². The van der Waals surface area contributed by atoms with Crippen LogP contribution in [0.2, 0.25) is 0 Å². The molecule has 1 amide bonds. The van der Waals surface area contributed by atoms with Gasteiger partial charge in [-0.15, -0.1) is 0 Å². The lowest BCUT2D eigenvalue weighted by atomic mass is 10.1. The molecular formula is C12H24N2O2. The first-order valence-electron chi connectivity index (χ1n) is 6.21. The van der Waals surface area contributed by atoms with Crippen molar-refractivity contribution in [2.24, 2.45) is 0 Å². The van der Waals surface area contributed by atoms with Crippen LogP contribution in [0.5, 0.6) is 0 Å². The Labute approximate surface area is 98.3 Å². The minimum atomic E-state index is 0.0230. The van der Waals surface area contributed by atoms with Crippen LogP contribution in [0, 0.1) is 0 Å². The normalized spacial score (nSPS) is 20.7. The minimum Gasteiger partial charge on any atom is -0.369 e. The summed E-state index contributed by atoms with van der Waals surface area (Å²) in [6.45, 7) is 6.37. The lowest BCUT2D eigenvalue weighted by molar-refractivity contribution is -0.128. The summed E-state index contributed by atoms with van der Waals surface area (Å²) in [4.78, 5) is 13.9. The lowest BCUT2D eigenvalue weighted by Gasteiger charge is -2.29. The smallest absolute Gasteiger partial charge is 0.246 e. The molecule has 0 bridgehead atoms. The van der Waals surface area contributed by atoms with E-state index in [9.17, 15) is 4.79 Å². The first kappa shape index (κ1) is 13.5. The van der Waals surface area contributed by atoms with Crippen LogP contribution in [0.3, 0.4) is 0 Å². The fourth-order valence-electron chi connectivity index (χ4n) is 1.76. The van der Waals surface area contributed by atoms with Crippen LogP contribution in [-0.4, -0.2) is 49.7 Å². The molecule has 1 saturated heterocycles. The zero-order chi connectivity index (χ0) is 12.0. The van der Waals surface area contributed by atoms with Crippen LogP contribution in [0.25, 0.3) is 0 Å². The fraction of sp³-hybridized carbons (Fsp3) is 0.917. The number of hydrogen-bond donors (Lipinski definition) is 1. The number of likely N-dealkylation sites (tertiary alicyclic amines) is 1. The zero-order valence-electron chi connectivity index (χ0n) is 10.7. The van der Waals surface area contributed by atoms with E-state index in [2.05, 4.69) is 24.2 Å². The molecule has 1 heterocycles. The summed E-state index contributed by atoms with van der Waals surface area (Å²) in [6.07, 6.45) is 3.21. The minimum absolute atomic E-state index is 0.0230. The van der Waals surface area contributed by atoms with Crippen LogP contribution in [0.4, 0.5) is 0 Å². The van der Waals surface area contributed by atoms with Gasteiger partial charge in [-0.25, -0.2) is 0 Å². The molecule has 0 aliphatic carbocycles. The van der Waals surface area contributed by atoms with E-state index in [0.29, 0.717) is 6.04 Å². The SMILES string of the molecule is CCC(C)OCC(=O)NC1CCN(C)CC1. The molecule has 94 valence electrons. The molecule has 4 nitrogen and oxygen atoms in total. The second-order valence-corrected chi connectivity index (χ2v) is 4.67. The topological polar surface area (TPSA) is 41.6 Å². The monoisotopic (exact) mass is 228 g/mol. The Bertz CT molecular complexity index is 213. The number of hydrogen-bond acceptors (Lipinski definition) is 3. The summed E-state index contributed by atoms with van der Waals surface area (Å²) < 4.78 is 5.39. The average molecular weight is 228 g/mol. The van der Waals surface area contributed by atoms with E-state index in [1.165, 1.54) is 0 Å². The maximum Gasteiger partial charge on any atom is 0.246 e. The zero-order valence-corrected chi connectivity index (χ0v) is 10.7. The summed E-state index contributed by atoms with van der Waals surface area (Å²) in [7, 11) is 2.12. The number of nitrogens with one attached hydrogen (secondary N) is 1. The number of ether oxygens (including phenoxy) is 1. The highest BCUT2D eigenvalue weighted by Crippen LogP contribution is 2.07.